The summed E-state index contributed by atoms with van der Waals surface area (Å²) in [4.78, 5) is 1.25. The molecule has 0 N–H and O–H groups in total. The molecule has 0 spiro atoms. The van der Waals surface area contributed by atoms with Gasteiger partial charge in [-0.3, -0.25) is 0 Å². The molecule has 4 heteroatoms. The molecule has 0 radical (unpaired) electrons. The zero-order valence-corrected chi connectivity index (χ0v) is 11.6. The third kappa shape index (κ3) is 3.54. The second kappa shape index (κ2) is 6.17. The zero-order valence-electron chi connectivity index (χ0n) is 9.16. The molecule has 2 aromatic rings. The van der Waals surface area contributed by atoms with E-state index in [-0.39, 0.29) is 5.82 Å². The van der Waals surface area contributed by atoms with E-state index in [0.717, 1.165) is 12.0 Å². The van der Waals surface area contributed by atoms with Crippen molar-refractivity contribution in [2.75, 3.05) is 6.61 Å². The van der Waals surface area contributed by atoms with Crippen molar-refractivity contribution in [3.8, 4) is 5.75 Å². The molecular formula is C13H12BrFOS. The Hall–Kier alpha value is -0.870. The van der Waals surface area contributed by atoms with Crippen LogP contribution in [0.4, 0.5) is 4.39 Å². The van der Waals surface area contributed by atoms with Gasteiger partial charge in [-0.1, -0.05) is 28.1 Å². The van der Waals surface area contributed by atoms with Crippen molar-refractivity contribution in [2.24, 2.45) is 0 Å². The van der Waals surface area contributed by atoms with Crippen molar-refractivity contribution in [3.05, 3.63) is 52.0 Å². The van der Waals surface area contributed by atoms with Crippen LogP contribution in [0.5, 0.6) is 5.75 Å². The Balaban J connectivity index is 1.90. The van der Waals surface area contributed by atoms with Crippen molar-refractivity contribution in [2.45, 2.75) is 11.8 Å². The first kappa shape index (κ1) is 12.6. The van der Waals surface area contributed by atoms with Gasteiger partial charge in [0, 0.05) is 16.6 Å². The van der Waals surface area contributed by atoms with Gasteiger partial charge in [-0.25, -0.2) is 4.39 Å². The molecule has 2 rings (SSSR count). The molecule has 0 amide bonds. The third-order valence-electron chi connectivity index (χ3n) is 2.34. The first-order valence-electron chi connectivity index (χ1n) is 5.29. The Morgan fingerprint density at radius 1 is 1.29 bits per heavy atom. The SMILES string of the molecule is Fc1cc(CBr)ccc1OCCc1cccs1. The van der Waals surface area contributed by atoms with E-state index in [2.05, 4.69) is 22.0 Å². The molecule has 0 bridgehead atoms. The quantitative estimate of drug-likeness (QED) is 0.743. The van der Waals surface area contributed by atoms with Crippen LogP contribution in [-0.2, 0) is 11.8 Å². The number of benzene rings is 1. The summed E-state index contributed by atoms with van der Waals surface area (Å²) in [6.45, 7) is 0.505. The maximum absolute atomic E-state index is 13.6. The minimum absolute atomic E-state index is 0.298. The molecule has 0 aliphatic rings. The summed E-state index contributed by atoms with van der Waals surface area (Å²) in [6.07, 6.45) is 0.817. The van der Waals surface area contributed by atoms with Gasteiger partial charge in [0.15, 0.2) is 11.6 Å². The topological polar surface area (TPSA) is 9.23 Å². The molecular weight excluding hydrogens is 303 g/mol. The summed E-state index contributed by atoms with van der Waals surface area (Å²) in [7, 11) is 0. The summed E-state index contributed by atoms with van der Waals surface area (Å²) in [5, 5.41) is 2.68. The van der Waals surface area contributed by atoms with Crippen LogP contribution >= 0.6 is 27.3 Å². The number of ether oxygens (including phenoxy) is 1. The van der Waals surface area contributed by atoms with Gasteiger partial charge >= 0.3 is 0 Å². The van der Waals surface area contributed by atoms with Gasteiger partial charge in [-0.15, -0.1) is 11.3 Å². The van der Waals surface area contributed by atoms with Crippen molar-refractivity contribution >= 4 is 27.3 Å². The molecule has 0 saturated heterocycles. The largest absolute Gasteiger partial charge is 0.490 e. The standard InChI is InChI=1S/C13H12BrFOS/c14-9-10-3-4-13(12(15)8-10)16-6-5-11-2-1-7-17-11/h1-4,7-8H,5-6,9H2. The van der Waals surface area contributed by atoms with E-state index in [1.807, 2.05) is 17.5 Å². The van der Waals surface area contributed by atoms with Crippen LogP contribution in [-0.4, -0.2) is 6.61 Å². The van der Waals surface area contributed by atoms with Gasteiger partial charge in [0.05, 0.1) is 6.61 Å². The predicted octanol–water partition coefficient (Wildman–Crippen LogP) is 4.40. The van der Waals surface area contributed by atoms with Gasteiger partial charge in [0.2, 0.25) is 0 Å². The fourth-order valence-corrected chi connectivity index (χ4v) is 2.50. The zero-order chi connectivity index (χ0) is 12.1. The minimum Gasteiger partial charge on any atom is -0.490 e. The lowest BCUT2D eigenvalue weighted by atomic mass is 10.2. The number of rotatable bonds is 5. The first-order chi connectivity index (χ1) is 8.29. The highest BCUT2D eigenvalue weighted by atomic mass is 79.9. The van der Waals surface area contributed by atoms with E-state index in [9.17, 15) is 4.39 Å². The molecule has 0 aliphatic carbocycles. The van der Waals surface area contributed by atoms with E-state index in [0.29, 0.717) is 17.7 Å². The predicted molar refractivity (Wildman–Crippen MR) is 72.5 cm³/mol. The molecule has 90 valence electrons. The van der Waals surface area contributed by atoms with E-state index in [1.54, 1.807) is 17.4 Å². The van der Waals surface area contributed by atoms with Crippen LogP contribution < -0.4 is 4.74 Å². The molecule has 0 fully saturated rings. The first-order valence-corrected chi connectivity index (χ1v) is 7.29. The van der Waals surface area contributed by atoms with Gasteiger partial charge < -0.3 is 4.74 Å². The highest BCUT2D eigenvalue weighted by Gasteiger charge is 2.04. The summed E-state index contributed by atoms with van der Waals surface area (Å²) in [5.41, 5.74) is 0.910. The van der Waals surface area contributed by atoms with Crippen molar-refractivity contribution < 1.29 is 9.13 Å². The average molecular weight is 315 g/mol. The Labute approximate surface area is 112 Å². The second-order valence-electron chi connectivity index (χ2n) is 3.58. The fourth-order valence-electron chi connectivity index (χ4n) is 1.46. The second-order valence-corrected chi connectivity index (χ2v) is 5.17. The Kier molecular flexibility index (Phi) is 4.57. The number of alkyl halides is 1. The number of hydrogen-bond donors (Lipinski definition) is 0. The highest BCUT2D eigenvalue weighted by Crippen LogP contribution is 2.20. The van der Waals surface area contributed by atoms with Crippen LogP contribution in [0.15, 0.2) is 35.7 Å². The van der Waals surface area contributed by atoms with Crippen molar-refractivity contribution in [1.29, 1.82) is 0 Å². The number of hydrogen-bond acceptors (Lipinski definition) is 2. The van der Waals surface area contributed by atoms with E-state index < -0.39 is 0 Å². The lowest BCUT2D eigenvalue weighted by Crippen LogP contribution is -2.01. The molecule has 1 nitrogen and oxygen atoms in total. The Morgan fingerprint density at radius 3 is 2.82 bits per heavy atom. The van der Waals surface area contributed by atoms with E-state index >= 15 is 0 Å². The maximum Gasteiger partial charge on any atom is 0.165 e. The normalized spacial score (nSPS) is 10.5. The third-order valence-corrected chi connectivity index (χ3v) is 3.92. The van der Waals surface area contributed by atoms with Crippen molar-refractivity contribution in [3.63, 3.8) is 0 Å². The van der Waals surface area contributed by atoms with Crippen molar-refractivity contribution in [1.82, 2.24) is 0 Å². The monoisotopic (exact) mass is 314 g/mol. The summed E-state index contributed by atoms with van der Waals surface area (Å²) < 4.78 is 19.0. The lowest BCUT2D eigenvalue weighted by Gasteiger charge is -2.07. The Bertz CT molecular complexity index is 470. The Morgan fingerprint density at radius 2 is 2.18 bits per heavy atom. The molecule has 17 heavy (non-hydrogen) atoms. The summed E-state index contributed by atoms with van der Waals surface area (Å²) >= 11 is 4.98. The molecule has 1 aromatic heterocycles. The number of thiophene rings is 1. The highest BCUT2D eigenvalue weighted by molar-refractivity contribution is 9.08. The van der Waals surface area contributed by atoms with Gasteiger partial charge in [-0.05, 0) is 29.1 Å². The summed E-state index contributed by atoms with van der Waals surface area (Å²) in [6, 6.07) is 9.09. The van der Waals surface area contributed by atoms with E-state index in [4.69, 9.17) is 4.74 Å². The van der Waals surface area contributed by atoms with Crippen LogP contribution in [0.25, 0.3) is 0 Å². The van der Waals surface area contributed by atoms with E-state index in [1.165, 1.54) is 10.9 Å². The molecule has 1 aromatic carbocycles. The molecule has 0 unspecified atom stereocenters. The van der Waals surface area contributed by atoms with Gasteiger partial charge in [-0.2, -0.15) is 0 Å². The minimum atomic E-state index is -0.298. The fraction of sp³-hybridized carbons (Fsp3) is 0.231. The number of halogens is 2. The van der Waals surface area contributed by atoms with Crippen LogP contribution in [0.1, 0.15) is 10.4 Å². The lowest BCUT2D eigenvalue weighted by molar-refractivity contribution is 0.306. The van der Waals surface area contributed by atoms with Crippen LogP contribution in [0, 0.1) is 5.82 Å². The maximum atomic E-state index is 13.6. The average Bonchev–Trinajstić information content (AvgIpc) is 2.84. The van der Waals surface area contributed by atoms with Gasteiger partial charge in [0.1, 0.15) is 0 Å². The molecule has 0 atom stereocenters. The van der Waals surface area contributed by atoms with Gasteiger partial charge in [0.25, 0.3) is 0 Å². The molecule has 0 saturated carbocycles. The molecule has 1 heterocycles. The van der Waals surface area contributed by atoms with Crippen LogP contribution in [0.2, 0.25) is 0 Å². The van der Waals surface area contributed by atoms with Crippen LogP contribution in [0.3, 0.4) is 0 Å². The smallest absolute Gasteiger partial charge is 0.165 e. The summed E-state index contributed by atoms with van der Waals surface area (Å²) in [5.74, 6) is 0.0272. The molecule has 0 aliphatic heterocycles.